The van der Waals surface area contributed by atoms with E-state index in [1.54, 1.807) is 12.1 Å². The molecule has 0 aliphatic heterocycles. The molecule has 5 heteroatoms. The molecular formula is C12H16N2O3. The molecule has 0 bridgehead atoms. The molecule has 1 N–H and O–H groups in total. The number of methoxy groups -OCH3 is 1. The predicted molar refractivity (Wildman–Crippen MR) is 64.4 cm³/mol. The summed E-state index contributed by atoms with van der Waals surface area (Å²) in [4.78, 5) is 10.3. The molecule has 1 saturated carbocycles. The van der Waals surface area contributed by atoms with Gasteiger partial charge in [-0.25, -0.2) is 0 Å². The van der Waals surface area contributed by atoms with Crippen molar-refractivity contribution >= 4 is 5.69 Å². The second-order valence-corrected chi connectivity index (χ2v) is 4.47. The fraction of sp³-hybridized carbons (Fsp3) is 0.500. The number of hydrogen-bond acceptors (Lipinski definition) is 4. The maximum Gasteiger partial charge on any atom is 0.310 e. The maximum atomic E-state index is 10.8. The Morgan fingerprint density at radius 1 is 1.53 bits per heavy atom. The van der Waals surface area contributed by atoms with E-state index in [1.165, 1.54) is 13.2 Å². The van der Waals surface area contributed by atoms with E-state index < -0.39 is 4.92 Å². The van der Waals surface area contributed by atoms with Gasteiger partial charge in [-0.15, -0.1) is 0 Å². The standard InChI is InChI=1S/C12H16N2O3/c1-13-12(5-6-12)8-9-3-4-10(14(15)16)11(7-9)17-2/h3-4,7,13H,5-6,8H2,1-2H3. The van der Waals surface area contributed by atoms with Crippen LogP contribution in [0.25, 0.3) is 0 Å². The zero-order valence-electron chi connectivity index (χ0n) is 10.0. The monoisotopic (exact) mass is 236 g/mol. The number of nitrogens with zero attached hydrogens (tertiary/aromatic N) is 1. The molecule has 1 aliphatic carbocycles. The molecule has 1 aromatic rings. The molecule has 0 saturated heterocycles. The summed E-state index contributed by atoms with van der Waals surface area (Å²) in [6.45, 7) is 0. The van der Waals surface area contributed by atoms with E-state index in [9.17, 15) is 10.1 Å². The van der Waals surface area contributed by atoms with E-state index in [-0.39, 0.29) is 11.2 Å². The van der Waals surface area contributed by atoms with Gasteiger partial charge in [0.05, 0.1) is 12.0 Å². The minimum Gasteiger partial charge on any atom is -0.490 e. The van der Waals surface area contributed by atoms with Gasteiger partial charge in [-0.05, 0) is 37.9 Å². The van der Waals surface area contributed by atoms with E-state index in [2.05, 4.69) is 5.32 Å². The average Bonchev–Trinajstić information content (AvgIpc) is 3.09. The van der Waals surface area contributed by atoms with Crippen molar-refractivity contribution in [3.05, 3.63) is 33.9 Å². The molecule has 0 unspecified atom stereocenters. The smallest absolute Gasteiger partial charge is 0.310 e. The van der Waals surface area contributed by atoms with Crippen molar-refractivity contribution in [1.29, 1.82) is 0 Å². The first-order chi connectivity index (χ1) is 8.10. The molecule has 92 valence electrons. The van der Waals surface area contributed by atoms with Gasteiger partial charge >= 0.3 is 5.69 Å². The van der Waals surface area contributed by atoms with Crippen molar-refractivity contribution in [3.8, 4) is 5.75 Å². The van der Waals surface area contributed by atoms with Crippen LogP contribution in [0.5, 0.6) is 5.75 Å². The van der Waals surface area contributed by atoms with Gasteiger partial charge in [0, 0.05) is 11.6 Å². The Labute approximate surface area is 99.9 Å². The van der Waals surface area contributed by atoms with Gasteiger partial charge in [0.15, 0.2) is 5.75 Å². The summed E-state index contributed by atoms with van der Waals surface area (Å²) >= 11 is 0. The quantitative estimate of drug-likeness (QED) is 0.626. The summed E-state index contributed by atoms with van der Waals surface area (Å²) in [7, 11) is 3.41. The fourth-order valence-corrected chi connectivity index (χ4v) is 2.04. The lowest BCUT2D eigenvalue weighted by Gasteiger charge is -2.14. The highest BCUT2D eigenvalue weighted by atomic mass is 16.6. The minimum atomic E-state index is -0.423. The molecule has 0 atom stereocenters. The molecule has 0 aromatic heterocycles. The Morgan fingerprint density at radius 2 is 2.24 bits per heavy atom. The first-order valence-corrected chi connectivity index (χ1v) is 5.60. The summed E-state index contributed by atoms with van der Waals surface area (Å²) in [5.41, 5.74) is 1.28. The normalized spacial score (nSPS) is 16.6. The predicted octanol–water partition coefficient (Wildman–Crippen LogP) is 1.90. The van der Waals surface area contributed by atoms with Crippen LogP contribution in [0.3, 0.4) is 0 Å². The summed E-state index contributed by atoms with van der Waals surface area (Å²) < 4.78 is 5.05. The minimum absolute atomic E-state index is 0.0190. The lowest BCUT2D eigenvalue weighted by Crippen LogP contribution is -2.29. The third-order valence-corrected chi connectivity index (χ3v) is 3.37. The van der Waals surface area contributed by atoms with Crippen molar-refractivity contribution in [2.24, 2.45) is 0 Å². The molecule has 1 fully saturated rings. The van der Waals surface area contributed by atoms with E-state index in [1.807, 2.05) is 7.05 Å². The van der Waals surface area contributed by atoms with Gasteiger partial charge in [-0.2, -0.15) is 0 Å². The molecular weight excluding hydrogens is 220 g/mol. The molecule has 1 aromatic carbocycles. The van der Waals surface area contributed by atoms with E-state index in [0.717, 1.165) is 24.8 Å². The van der Waals surface area contributed by atoms with Crippen molar-refractivity contribution < 1.29 is 9.66 Å². The second kappa shape index (κ2) is 4.33. The molecule has 0 amide bonds. The summed E-state index contributed by atoms with van der Waals surface area (Å²) in [5, 5.41) is 14.1. The van der Waals surface area contributed by atoms with Gasteiger partial charge < -0.3 is 10.1 Å². The Bertz CT molecular complexity index is 441. The van der Waals surface area contributed by atoms with Gasteiger partial charge in [0.25, 0.3) is 0 Å². The molecule has 17 heavy (non-hydrogen) atoms. The molecule has 5 nitrogen and oxygen atoms in total. The average molecular weight is 236 g/mol. The van der Waals surface area contributed by atoms with Gasteiger partial charge in [0.2, 0.25) is 0 Å². The first kappa shape index (κ1) is 11.9. The van der Waals surface area contributed by atoms with Crippen molar-refractivity contribution in [1.82, 2.24) is 5.32 Å². The van der Waals surface area contributed by atoms with Crippen LogP contribution in [0, 0.1) is 10.1 Å². The van der Waals surface area contributed by atoms with Crippen LogP contribution < -0.4 is 10.1 Å². The summed E-state index contributed by atoms with van der Waals surface area (Å²) in [6.07, 6.45) is 3.20. The van der Waals surface area contributed by atoms with E-state index >= 15 is 0 Å². The number of likely N-dealkylation sites (N-methyl/N-ethyl adjacent to an activating group) is 1. The Hall–Kier alpha value is -1.62. The van der Waals surface area contributed by atoms with Crippen LogP contribution in [-0.4, -0.2) is 24.6 Å². The van der Waals surface area contributed by atoms with E-state index in [4.69, 9.17) is 4.74 Å². The van der Waals surface area contributed by atoms with Crippen LogP contribution in [0.2, 0.25) is 0 Å². The highest BCUT2D eigenvalue weighted by molar-refractivity contribution is 5.48. The first-order valence-electron chi connectivity index (χ1n) is 5.60. The Kier molecular flexibility index (Phi) is 3.02. The second-order valence-electron chi connectivity index (χ2n) is 4.47. The highest BCUT2D eigenvalue weighted by Gasteiger charge is 2.40. The Balaban J connectivity index is 2.22. The topological polar surface area (TPSA) is 64.4 Å². The number of nitrogens with one attached hydrogen (secondary N) is 1. The van der Waals surface area contributed by atoms with Crippen LogP contribution in [0.15, 0.2) is 18.2 Å². The number of benzene rings is 1. The van der Waals surface area contributed by atoms with Crippen molar-refractivity contribution in [3.63, 3.8) is 0 Å². The highest BCUT2D eigenvalue weighted by Crippen LogP contribution is 2.39. The number of nitro groups is 1. The number of hydrogen-bond donors (Lipinski definition) is 1. The van der Waals surface area contributed by atoms with Crippen molar-refractivity contribution in [2.75, 3.05) is 14.2 Å². The molecule has 0 radical (unpaired) electrons. The summed E-state index contributed by atoms with van der Waals surface area (Å²) in [5.74, 6) is 0.333. The zero-order valence-corrected chi connectivity index (χ0v) is 10.0. The lowest BCUT2D eigenvalue weighted by atomic mass is 10.0. The molecule has 2 rings (SSSR count). The fourth-order valence-electron chi connectivity index (χ4n) is 2.04. The van der Waals surface area contributed by atoms with Crippen LogP contribution in [0.4, 0.5) is 5.69 Å². The zero-order chi connectivity index (χ0) is 12.5. The van der Waals surface area contributed by atoms with Crippen LogP contribution in [0.1, 0.15) is 18.4 Å². The molecule has 1 aliphatic rings. The van der Waals surface area contributed by atoms with Gasteiger partial charge in [-0.3, -0.25) is 10.1 Å². The van der Waals surface area contributed by atoms with Gasteiger partial charge in [0.1, 0.15) is 0 Å². The maximum absolute atomic E-state index is 10.8. The largest absolute Gasteiger partial charge is 0.490 e. The third kappa shape index (κ3) is 2.39. The van der Waals surface area contributed by atoms with Gasteiger partial charge in [-0.1, -0.05) is 6.07 Å². The van der Waals surface area contributed by atoms with E-state index in [0.29, 0.717) is 5.75 Å². The van der Waals surface area contributed by atoms with Crippen LogP contribution in [-0.2, 0) is 6.42 Å². The van der Waals surface area contributed by atoms with Crippen molar-refractivity contribution in [2.45, 2.75) is 24.8 Å². The number of nitro benzene ring substituents is 1. The molecule has 0 heterocycles. The lowest BCUT2D eigenvalue weighted by molar-refractivity contribution is -0.385. The SMILES string of the molecule is CNC1(Cc2ccc([N+](=O)[O-])c(OC)c2)CC1. The number of ether oxygens (including phenoxy) is 1. The third-order valence-electron chi connectivity index (χ3n) is 3.37. The number of rotatable bonds is 5. The summed E-state index contributed by atoms with van der Waals surface area (Å²) in [6, 6.07) is 5.08. The Morgan fingerprint density at radius 3 is 2.71 bits per heavy atom. The molecule has 0 spiro atoms. The van der Waals surface area contributed by atoms with Crippen LogP contribution >= 0.6 is 0 Å².